The first-order chi connectivity index (χ1) is 11.1. The van der Waals surface area contributed by atoms with Crippen LogP contribution >= 0.6 is 0 Å². The third kappa shape index (κ3) is 3.66. The van der Waals surface area contributed by atoms with Crippen LogP contribution in [0.15, 0.2) is 18.3 Å². The van der Waals surface area contributed by atoms with E-state index in [1.165, 1.54) is 26.4 Å². The number of ether oxygens (including phenoxy) is 1. The van der Waals surface area contributed by atoms with Gasteiger partial charge in [0.05, 0.1) is 18.4 Å². The van der Waals surface area contributed by atoms with E-state index in [9.17, 15) is 18.0 Å². The topological polar surface area (TPSA) is 60.2 Å². The van der Waals surface area contributed by atoms with E-state index < -0.39 is 17.8 Å². The number of esters is 1. The van der Waals surface area contributed by atoms with Crippen LogP contribution in [0.1, 0.15) is 27.3 Å². The van der Waals surface area contributed by atoms with Gasteiger partial charge in [-0.05, 0) is 19.1 Å². The molecule has 2 aromatic heterocycles. The van der Waals surface area contributed by atoms with Crippen molar-refractivity contribution in [1.82, 2.24) is 14.8 Å². The lowest BCUT2D eigenvalue weighted by Crippen LogP contribution is -2.21. The average molecular weight is 342 g/mol. The lowest BCUT2D eigenvalue weighted by molar-refractivity contribution is -0.142. The first kappa shape index (κ1) is 17.8. The summed E-state index contributed by atoms with van der Waals surface area (Å²) in [4.78, 5) is 17.4. The highest BCUT2D eigenvalue weighted by molar-refractivity contribution is 5.90. The second-order valence-corrected chi connectivity index (χ2v) is 5.32. The number of aromatic nitrogens is 3. The largest absolute Gasteiger partial charge is 0.465 e. The predicted molar refractivity (Wildman–Crippen MR) is 80.6 cm³/mol. The lowest BCUT2D eigenvalue weighted by Gasteiger charge is -2.19. The van der Waals surface area contributed by atoms with Crippen LogP contribution in [0.2, 0.25) is 0 Å². The normalized spacial score (nSPS) is 11.5. The monoisotopic (exact) mass is 342 g/mol. The Kier molecular flexibility index (Phi) is 4.81. The summed E-state index contributed by atoms with van der Waals surface area (Å²) in [5, 5.41) is 3.48. The van der Waals surface area contributed by atoms with Crippen molar-refractivity contribution in [3.63, 3.8) is 0 Å². The van der Waals surface area contributed by atoms with Gasteiger partial charge in [0, 0.05) is 32.4 Å². The van der Waals surface area contributed by atoms with E-state index in [2.05, 4.69) is 14.8 Å². The van der Waals surface area contributed by atoms with Crippen LogP contribution in [0.4, 0.5) is 19.0 Å². The number of aryl methyl sites for hydroxylation is 2. The Morgan fingerprint density at radius 3 is 2.58 bits per heavy atom. The lowest BCUT2D eigenvalue weighted by atomic mass is 10.2. The maximum Gasteiger partial charge on any atom is 0.435 e. The second kappa shape index (κ2) is 6.50. The SMILES string of the molecule is COC(=O)c1ccc(N(C)Cc2cn(C)nc2C(F)(F)F)nc1C. The highest BCUT2D eigenvalue weighted by Crippen LogP contribution is 2.31. The Hall–Kier alpha value is -2.58. The smallest absolute Gasteiger partial charge is 0.435 e. The number of rotatable bonds is 4. The third-order valence-electron chi connectivity index (χ3n) is 3.45. The Morgan fingerprint density at radius 2 is 2.04 bits per heavy atom. The maximum atomic E-state index is 13.0. The summed E-state index contributed by atoms with van der Waals surface area (Å²) in [6.45, 7) is 1.61. The van der Waals surface area contributed by atoms with Crippen LogP contribution in [-0.2, 0) is 24.5 Å². The molecule has 2 aromatic rings. The second-order valence-electron chi connectivity index (χ2n) is 5.32. The van der Waals surface area contributed by atoms with Crippen molar-refractivity contribution >= 4 is 11.8 Å². The molecule has 6 nitrogen and oxygen atoms in total. The minimum atomic E-state index is -4.52. The summed E-state index contributed by atoms with van der Waals surface area (Å²) < 4.78 is 44.8. The molecule has 0 fully saturated rings. The van der Waals surface area contributed by atoms with Crippen molar-refractivity contribution in [3.8, 4) is 0 Å². The molecule has 0 aliphatic rings. The van der Waals surface area contributed by atoms with Crippen molar-refractivity contribution in [2.24, 2.45) is 7.05 Å². The van der Waals surface area contributed by atoms with Crippen molar-refractivity contribution in [2.45, 2.75) is 19.6 Å². The first-order valence-corrected chi connectivity index (χ1v) is 7.00. The van der Waals surface area contributed by atoms with Crippen LogP contribution < -0.4 is 4.90 Å². The Balaban J connectivity index is 2.26. The summed E-state index contributed by atoms with van der Waals surface area (Å²) in [6.07, 6.45) is -3.19. The summed E-state index contributed by atoms with van der Waals surface area (Å²) in [5.41, 5.74) is -0.121. The molecule has 0 aromatic carbocycles. The standard InChI is InChI=1S/C15H17F3N4O2/c1-9-11(14(23)24-4)5-6-12(19-9)21(2)7-10-8-22(3)20-13(10)15(16,17)18/h5-6,8H,7H2,1-4H3. The fraction of sp³-hybridized carbons (Fsp3) is 0.400. The molecule has 2 heterocycles. The minimum absolute atomic E-state index is 0.0211. The number of halogens is 3. The zero-order chi connectivity index (χ0) is 18.1. The van der Waals surface area contributed by atoms with Gasteiger partial charge in [-0.15, -0.1) is 0 Å². The molecule has 0 aliphatic carbocycles. The van der Waals surface area contributed by atoms with E-state index in [4.69, 9.17) is 0 Å². The summed E-state index contributed by atoms with van der Waals surface area (Å²) in [6, 6.07) is 3.09. The van der Waals surface area contributed by atoms with Gasteiger partial charge in [-0.1, -0.05) is 0 Å². The third-order valence-corrected chi connectivity index (χ3v) is 3.45. The van der Waals surface area contributed by atoms with E-state index in [1.54, 1.807) is 24.9 Å². The molecule has 0 bridgehead atoms. The fourth-order valence-electron chi connectivity index (χ4n) is 2.31. The van der Waals surface area contributed by atoms with Crippen molar-refractivity contribution in [1.29, 1.82) is 0 Å². The van der Waals surface area contributed by atoms with Gasteiger partial charge >= 0.3 is 12.1 Å². The highest BCUT2D eigenvalue weighted by atomic mass is 19.4. The Morgan fingerprint density at radius 1 is 1.38 bits per heavy atom. The van der Waals surface area contributed by atoms with Gasteiger partial charge in [0.1, 0.15) is 5.82 Å². The van der Waals surface area contributed by atoms with Gasteiger partial charge in [0.25, 0.3) is 0 Å². The van der Waals surface area contributed by atoms with Crippen molar-refractivity contribution in [3.05, 3.63) is 40.8 Å². The predicted octanol–water partition coefficient (Wildman–Crippen LogP) is 2.57. The number of alkyl halides is 3. The van der Waals surface area contributed by atoms with Gasteiger partial charge in [0.2, 0.25) is 0 Å². The number of hydrogen-bond acceptors (Lipinski definition) is 5. The minimum Gasteiger partial charge on any atom is -0.465 e. The molecule has 2 rings (SSSR count). The molecule has 0 amide bonds. The Labute approximate surface area is 136 Å². The van der Waals surface area contributed by atoms with Gasteiger partial charge in [0.15, 0.2) is 5.69 Å². The van der Waals surface area contributed by atoms with E-state index in [0.717, 1.165) is 4.68 Å². The molecule has 0 saturated carbocycles. The van der Waals surface area contributed by atoms with Crippen LogP contribution in [0, 0.1) is 6.92 Å². The van der Waals surface area contributed by atoms with Gasteiger partial charge in [-0.2, -0.15) is 18.3 Å². The molecule has 0 aliphatic heterocycles. The van der Waals surface area contributed by atoms with Crippen LogP contribution in [0.3, 0.4) is 0 Å². The molecule has 0 unspecified atom stereocenters. The van der Waals surface area contributed by atoms with E-state index >= 15 is 0 Å². The highest BCUT2D eigenvalue weighted by Gasteiger charge is 2.37. The van der Waals surface area contributed by atoms with Crippen LogP contribution in [0.5, 0.6) is 0 Å². The number of pyridine rings is 1. The number of carbonyl (C=O) groups excluding carboxylic acids is 1. The molecule has 0 N–H and O–H groups in total. The van der Waals surface area contributed by atoms with Gasteiger partial charge < -0.3 is 9.64 Å². The van der Waals surface area contributed by atoms with Crippen molar-refractivity contribution in [2.75, 3.05) is 19.1 Å². The number of hydrogen-bond donors (Lipinski definition) is 0. The fourth-order valence-corrected chi connectivity index (χ4v) is 2.31. The molecular formula is C15H17F3N4O2. The van der Waals surface area contributed by atoms with Gasteiger partial charge in [-0.25, -0.2) is 9.78 Å². The van der Waals surface area contributed by atoms with E-state index in [0.29, 0.717) is 17.1 Å². The number of nitrogens with zero attached hydrogens (tertiary/aromatic N) is 4. The number of methoxy groups -OCH3 is 1. The quantitative estimate of drug-likeness (QED) is 0.799. The van der Waals surface area contributed by atoms with E-state index in [1.807, 2.05) is 0 Å². The Bertz CT molecular complexity index is 756. The molecular weight excluding hydrogens is 325 g/mol. The van der Waals surface area contributed by atoms with Crippen LogP contribution in [-0.4, -0.2) is 34.9 Å². The summed E-state index contributed by atoms with van der Waals surface area (Å²) in [7, 11) is 4.32. The number of carbonyl (C=O) groups is 1. The molecule has 9 heteroatoms. The molecule has 0 spiro atoms. The molecule has 0 radical (unpaired) electrons. The zero-order valence-corrected chi connectivity index (χ0v) is 13.7. The zero-order valence-electron chi connectivity index (χ0n) is 13.7. The molecule has 0 atom stereocenters. The molecule has 0 saturated heterocycles. The maximum absolute atomic E-state index is 13.0. The van der Waals surface area contributed by atoms with Crippen molar-refractivity contribution < 1.29 is 22.7 Å². The van der Waals surface area contributed by atoms with Gasteiger partial charge in [-0.3, -0.25) is 4.68 Å². The van der Waals surface area contributed by atoms with E-state index in [-0.39, 0.29) is 12.1 Å². The summed E-state index contributed by atoms with van der Waals surface area (Å²) in [5.74, 6) is -0.0713. The molecule has 24 heavy (non-hydrogen) atoms. The number of anilines is 1. The molecule has 130 valence electrons. The van der Waals surface area contributed by atoms with Crippen LogP contribution in [0.25, 0.3) is 0 Å². The average Bonchev–Trinajstić information content (AvgIpc) is 2.87. The summed E-state index contributed by atoms with van der Waals surface area (Å²) >= 11 is 0. The first-order valence-electron chi connectivity index (χ1n) is 7.00.